The molecule has 0 atom stereocenters. The Kier molecular flexibility index (Phi) is 4.99. The van der Waals surface area contributed by atoms with Crippen molar-refractivity contribution in [2.75, 3.05) is 0 Å². The maximum Gasteiger partial charge on any atom is 0.341 e. The number of aromatic nitrogens is 1. The lowest BCUT2D eigenvalue weighted by Crippen LogP contribution is -2.17. The SMILES string of the molecule is O=C(O)c1cn(Cc2ccccc2C=Cc2ccccc2)cc(O)c1=O. The Labute approximate surface area is 150 Å². The number of hydrogen-bond donors (Lipinski definition) is 2. The van der Waals surface area contributed by atoms with Gasteiger partial charge >= 0.3 is 5.97 Å². The van der Waals surface area contributed by atoms with Crippen molar-refractivity contribution >= 4 is 18.1 Å². The fraction of sp³-hybridized carbons (Fsp3) is 0.0476. The molecule has 5 heteroatoms. The van der Waals surface area contributed by atoms with Crippen molar-refractivity contribution in [1.29, 1.82) is 0 Å². The molecule has 0 saturated carbocycles. The minimum atomic E-state index is -1.36. The summed E-state index contributed by atoms with van der Waals surface area (Å²) in [5.41, 5.74) is 1.62. The van der Waals surface area contributed by atoms with Crippen LogP contribution < -0.4 is 5.43 Å². The lowest BCUT2D eigenvalue weighted by Gasteiger charge is -2.11. The van der Waals surface area contributed by atoms with Crippen LogP contribution in [0, 0.1) is 0 Å². The first-order chi connectivity index (χ1) is 12.5. The molecule has 5 nitrogen and oxygen atoms in total. The Morgan fingerprint density at radius 3 is 2.38 bits per heavy atom. The Hall–Kier alpha value is -3.60. The molecule has 0 aliphatic heterocycles. The molecule has 0 bridgehead atoms. The fourth-order valence-corrected chi connectivity index (χ4v) is 2.65. The van der Waals surface area contributed by atoms with Gasteiger partial charge in [0.15, 0.2) is 5.75 Å². The second kappa shape index (κ2) is 7.53. The molecular weight excluding hydrogens is 330 g/mol. The molecule has 1 heterocycles. The first kappa shape index (κ1) is 17.2. The zero-order valence-electron chi connectivity index (χ0n) is 13.9. The Morgan fingerprint density at radius 2 is 1.65 bits per heavy atom. The average molecular weight is 347 g/mol. The molecule has 3 rings (SSSR count). The summed E-state index contributed by atoms with van der Waals surface area (Å²) in [6.45, 7) is 0.323. The van der Waals surface area contributed by atoms with Crippen LogP contribution >= 0.6 is 0 Å². The van der Waals surface area contributed by atoms with Crippen molar-refractivity contribution in [2.24, 2.45) is 0 Å². The van der Waals surface area contributed by atoms with Gasteiger partial charge in [-0.05, 0) is 16.7 Å². The molecule has 0 unspecified atom stereocenters. The summed E-state index contributed by atoms with van der Waals surface area (Å²) in [6, 6.07) is 17.5. The fourth-order valence-electron chi connectivity index (χ4n) is 2.65. The van der Waals surface area contributed by atoms with Crippen LogP contribution in [0.2, 0.25) is 0 Å². The van der Waals surface area contributed by atoms with E-state index in [0.717, 1.165) is 16.7 Å². The van der Waals surface area contributed by atoms with Crippen molar-refractivity contribution in [3.8, 4) is 5.75 Å². The number of carboxylic acid groups (broad SMARTS) is 1. The van der Waals surface area contributed by atoms with E-state index in [9.17, 15) is 14.7 Å². The molecule has 1 aromatic heterocycles. The van der Waals surface area contributed by atoms with Gasteiger partial charge in [-0.2, -0.15) is 0 Å². The van der Waals surface area contributed by atoms with Gasteiger partial charge in [0.2, 0.25) is 5.43 Å². The molecule has 3 aromatic rings. The molecule has 0 radical (unpaired) electrons. The zero-order chi connectivity index (χ0) is 18.5. The van der Waals surface area contributed by atoms with Crippen LogP contribution in [0.15, 0.2) is 71.8 Å². The first-order valence-corrected chi connectivity index (χ1v) is 8.02. The molecule has 0 aliphatic rings. The van der Waals surface area contributed by atoms with Gasteiger partial charge in [-0.1, -0.05) is 66.7 Å². The first-order valence-electron chi connectivity index (χ1n) is 8.02. The van der Waals surface area contributed by atoms with E-state index in [1.165, 1.54) is 17.0 Å². The van der Waals surface area contributed by atoms with Gasteiger partial charge in [-0.25, -0.2) is 4.79 Å². The standard InChI is InChI=1S/C21H17NO4/c23-19-14-22(13-18(20(19)24)21(25)26)12-17-9-5-4-8-16(17)11-10-15-6-2-1-3-7-15/h1-11,13-14,23H,12H2,(H,25,26). The maximum atomic E-state index is 11.7. The van der Waals surface area contributed by atoms with Crippen LogP contribution in [0.25, 0.3) is 12.2 Å². The highest BCUT2D eigenvalue weighted by atomic mass is 16.4. The molecule has 26 heavy (non-hydrogen) atoms. The third-order valence-corrected chi connectivity index (χ3v) is 3.95. The Bertz CT molecular complexity index is 1020. The number of pyridine rings is 1. The minimum absolute atomic E-state index is 0.323. The predicted molar refractivity (Wildman–Crippen MR) is 100 cm³/mol. The summed E-state index contributed by atoms with van der Waals surface area (Å²) in [5, 5.41) is 18.8. The molecule has 0 aliphatic carbocycles. The van der Waals surface area contributed by atoms with E-state index in [0.29, 0.717) is 6.54 Å². The highest BCUT2D eigenvalue weighted by Gasteiger charge is 2.13. The van der Waals surface area contributed by atoms with Crippen molar-refractivity contribution < 1.29 is 15.0 Å². The number of nitrogens with zero attached hydrogens (tertiary/aromatic N) is 1. The quantitative estimate of drug-likeness (QED) is 0.693. The van der Waals surface area contributed by atoms with Gasteiger partial charge in [0.1, 0.15) is 5.56 Å². The van der Waals surface area contributed by atoms with E-state index in [4.69, 9.17) is 5.11 Å². The number of benzene rings is 2. The van der Waals surface area contributed by atoms with E-state index in [1.54, 1.807) is 0 Å². The molecule has 2 aromatic carbocycles. The molecule has 0 fully saturated rings. The number of aromatic carboxylic acids is 1. The molecular formula is C21H17NO4. The normalized spacial score (nSPS) is 10.9. The highest BCUT2D eigenvalue weighted by molar-refractivity contribution is 5.87. The zero-order valence-corrected chi connectivity index (χ0v) is 13.9. The summed E-state index contributed by atoms with van der Waals surface area (Å²) < 4.78 is 1.50. The number of carboxylic acids is 1. The smallest absolute Gasteiger partial charge is 0.341 e. The second-order valence-corrected chi connectivity index (χ2v) is 5.81. The van der Waals surface area contributed by atoms with Gasteiger partial charge < -0.3 is 14.8 Å². The van der Waals surface area contributed by atoms with E-state index in [1.807, 2.05) is 66.7 Å². The molecule has 0 saturated heterocycles. The third-order valence-electron chi connectivity index (χ3n) is 3.95. The molecule has 0 spiro atoms. The number of hydrogen-bond acceptors (Lipinski definition) is 3. The summed E-state index contributed by atoms with van der Waals surface area (Å²) in [6.07, 6.45) is 6.45. The summed E-state index contributed by atoms with van der Waals surface area (Å²) in [5.74, 6) is -1.95. The van der Waals surface area contributed by atoms with Crippen molar-refractivity contribution in [2.45, 2.75) is 6.54 Å². The van der Waals surface area contributed by atoms with Gasteiger partial charge in [0, 0.05) is 12.7 Å². The number of carbonyl (C=O) groups is 1. The van der Waals surface area contributed by atoms with E-state index in [2.05, 4.69) is 0 Å². The highest BCUT2D eigenvalue weighted by Crippen LogP contribution is 2.16. The second-order valence-electron chi connectivity index (χ2n) is 5.81. The van der Waals surface area contributed by atoms with Gasteiger partial charge in [0.25, 0.3) is 0 Å². The van der Waals surface area contributed by atoms with Crippen LogP contribution in [0.4, 0.5) is 0 Å². The average Bonchev–Trinajstić information content (AvgIpc) is 2.64. The molecule has 2 N–H and O–H groups in total. The van der Waals surface area contributed by atoms with Crippen LogP contribution in [0.5, 0.6) is 5.75 Å². The monoisotopic (exact) mass is 347 g/mol. The number of aromatic hydroxyl groups is 1. The van der Waals surface area contributed by atoms with Gasteiger partial charge in [0.05, 0.1) is 6.20 Å². The lowest BCUT2D eigenvalue weighted by molar-refractivity contribution is 0.0694. The number of rotatable bonds is 5. The van der Waals surface area contributed by atoms with Gasteiger partial charge in [-0.3, -0.25) is 4.79 Å². The van der Waals surface area contributed by atoms with Crippen LogP contribution in [-0.4, -0.2) is 20.7 Å². The van der Waals surface area contributed by atoms with E-state index in [-0.39, 0.29) is 0 Å². The largest absolute Gasteiger partial charge is 0.503 e. The van der Waals surface area contributed by atoms with Crippen molar-refractivity contribution in [3.63, 3.8) is 0 Å². The van der Waals surface area contributed by atoms with Crippen LogP contribution in [0.3, 0.4) is 0 Å². The topological polar surface area (TPSA) is 79.5 Å². The minimum Gasteiger partial charge on any atom is -0.503 e. The van der Waals surface area contributed by atoms with E-state index < -0.39 is 22.7 Å². The molecule has 0 amide bonds. The van der Waals surface area contributed by atoms with Gasteiger partial charge in [-0.15, -0.1) is 0 Å². The Balaban J connectivity index is 1.93. The Morgan fingerprint density at radius 1 is 0.962 bits per heavy atom. The van der Waals surface area contributed by atoms with Crippen LogP contribution in [0.1, 0.15) is 27.0 Å². The predicted octanol–water partition coefficient (Wildman–Crippen LogP) is 3.47. The maximum absolute atomic E-state index is 11.7. The summed E-state index contributed by atoms with van der Waals surface area (Å²) in [7, 11) is 0. The van der Waals surface area contributed by atoms with Crippen molar-refractivity contribution in [3.05, 3.63) is 99.5 Å². The van der Waals surface area contributed by atoms with Crippen LogP contribution in [-0.2, 0) is 6.54 Å². The van der Waals surface area contributed by atoms with E-state index >= 15 is 0 Å². The summed E-state index contributed by atoms with van der Waals surface area (Å²) in [4.78, 5) is 22.9. The molecule has 130 valence electrons. The van der Waals surface area contributed by atoms with Crippen molar-refractivity contribution in [1.82, 2.24) is 4.57 Å². The third kappa shape index (κ3) is 3.89. The summed E-state index contributed by atoms with van der Waals surface area (Å²) >= 11 is 0. The lowest BCUT2D eigenvalue weighted by atomic mass is 10.1.